The lowest BCUT2D eigenvalue weighted by Crippen LogP contribution is -2.39. The molecule has 0 saturated carbocycles. The number of anilines is 1. The van der Waals surface area contributed by atoms with Crippen LogP contribution in [0.15, 0.2) is 52.0 Å². The highest BCUT2D eigenvalue weighted by atomic mass is 32.2. The molecule has 0 bridgehead atoms. The van der Waals surface area contributed by atoms with E-state index in [1.54, 1.807) is 23.9 Å². The Kier molecular flexibility index (Phi) is 5.91. The molecule has 0 radical (unpaired) electrons. The first-order valence-corrected chi connectivity index (χ1v) is 7.88. The summed E-state index contributed by atoms with van der Waals surface area (Å²) in [6, 6.07) is 10.6. The fourth-order valence-electron chi connectivity index (χ4n) is 1.68. The number of furan rings is 1. The Morgan fingerprint density at radius 3 is 2.55 bits per heavy atom. The van der Waals surface area contributed by atoms with E-state index in [2.05, 4.69) is 16.0 Å². The van der Waals surface area contributed by atoms with Crippen molar-refractivity contribution in [3.05, 3.63) is 48.4 Å². The Bertz CT molecular complexity index is 611. The lowest BCUT2D eigenvalue weighted by atomic mass is 10.3. The van der Waals surface area contributed by atoms with Gasteiger partial charge in [-0.1, -0.05) is 0 Å². The van der Waals surface area contributed by atoms with E-state index < -0.39 is 6.03 Å². The van der Waals surface area contributed by atoms with Crippen LogP contribution >= 0.6 is 11.8 Å². The van der Waals surface area contributed by atoms with Gasteiger partial charge in [0.25, 0.3) is 0 Å². The second-order valence-corrected chi connectivity index (χ2v) is 5.27. The Hall–Kier alpha value is -2.41. The molecule has 0 aliphatic carbocycles. The predicted octanol–water partition coefficient (Wildman–Crippen LogP) is 2.44. The first-order chi connectivity index (χ1) is 10.7. The molecule has 1 aromatic carbocycles. The van der Waals surface area contributed by atoms with Crippen molar-refractivity contribution in [2.45, 2.75) is 11.4 Å². The molecule has 2 aromatic rings. The molecule has 6 nitrogen and oxygen atoms in total. The van der Waals surface area contributed by atoms with Gasteiger partial charge in [0.05, 0.1) is 19.4 Å². The Labute approximate surface area is 132 Å². The van der Waals surface area contributed by atoms with Gasteiger partial charge in [-0.25, -0.2) is 4.79 Å². The summed E-state index contributed by atoms with van der Waals surface area (Å²) in [5, 5.41) is 7.78. The average molecular weight is 319 g/mol. The van der Waals surface area contributed by atoms with Crippen molar-refractivity contribution in [2.24, 2.45) is 0 Å². The number of hydrogen-bond donors (Lipinski definition) is 3. The second-order valence-electron chi connectivity index (χ2n) is 4.39. The summed E-state index contributed by atoms with van der Waals surface area (Å²) in [6.45, 7) is 0.171. The minimum Gasteiger partial charge on any atom is -0.467 e. The number of benzene rings is 1. The van der Waals surface area contributed by atoms with Crippen LogP contribution in [0.2, 0.25) is 0 Å². The molecular weight excluding hydrogens is 302 g/mol. The van der Waals surface area contributed by atoms with Crippen LogP contribution in [-0.2, 0) is 11.3 Å². The van der Waals surface area contributed by atoms with Gasteiger partial charge in [-0.15, -0.1) is 11.8 Å². The zero-order chi connectivity index (χ0) is 15.8. The molecule has 0 unspecified atom stereocenters. The molecular formula is C15H17N3O3S. The van der Waals surface area contributed by atoms with E-state index in [0.717, 1.165) is 4.90 Å². The standard InChI is InChI=1S/C15H17N3O3S/c1-22-13-6-4-11(5-7-13)18-14(19)10-17-15(20)16-9-12-3-2-8-21-12/h2-8H,9-10H2,1H3,(H,18,19)(H2,16,17,20). The highest BCUT2D eigenvalue weighted by molar-refractivity contribution is 7.98. The Balaban J connectivity index is 1.69. The highest BCUT2D eigenvalue weighted by Crippen LogP contribution is 2.17. The number of rotatable bonds is 6. The summed E-state index contributed by atoms with van der Waals surface area (Å²) in [5.41, 5.74) is 0.695. The van der Waals surface area contributed by atoms with E-state index >= 15 is 0 Å². The zero-order valence-electron chi connectivity index (χ0n) is 12.1. The number of amides is 3. The van der Waals surface area contributed by atoms with E-state index in [4.69, 9.17) is 4.42 Å². The van der Waals surface area contributed by atoms with Crippen LogP contribution in [0.3, 0.4) is 0 Å². The number of carbonyl (C=O) groups is 2. The van der Waals surface area contributed by atoms with Gasteiger partial charge in [-0.3, -0.25) is 4.79 Å². The quantitative estimate of drug-likeness (QED) is 0.714. The Morgan fingerprint density at radius 2 is 1.91 bits per heavy atom. The molecule has 7 heteroatoms. The second kappa shape index (κ2) is 8.14. The fraction of sp³-hybridized carbons (Fsp3) is 0.200. The van der Waals surface area contributed by atoms with Gasteiger partial charge >= 0.3 is 6.03 Å². The lowest BCUT2D eigenvalue weighted by molar-refractivity contribution is -0.115. The predicted molar refractivity (Wildman–Crippen MR) is 85.8 cm³/mol. The number of hydrogen-bond acceptors (Lipinski definition) is 4. The number of nitrogens with one attached hydrogen (secondary N) is 3. The molecule has 0 spiro atoms. The van der Waals surface area contributed by atoms with Crippen molar-refractivity contribution in [2.75, 3.05) is 18.1 Å². The summed E-state index contributed by atoms with van der Waals surface area (Å²) >= 11 is 1.63. The average Bonchev–Trinajstić information content (AvgIpc) is 3.05. The zero-order valence-corrected chi connectivity index (χ0v) is 12.9. The van der Waals surface area contributed by atoms with Crippen LogP contribution in [-0.4, -0.2) is 24.7 Å². The highest BCUT2D eigenvalue weighted by Gasteiger charge is 2.06. The van der Waals surface area contributed by atoms with Crippen molar-refractivity contribution < 1.29 is 14.0 Å². The molecule has 1 heterocycles. The van der Waals surface area contributed by atoms with Crippen molar-refractivity contribution in [1.82, 2.24) is 10.6 Å². The summed E-state index contributed by atoms with van der Waals surface area (Å²) in [7, 11) is 0. The van der Waals surface area contributed by atoms with Crippen LogP contribution in [0.4, 0.5) is 10.5 Å². The van der Waals surface area contributed by atoms with Gasteiger partial charge in [0.2, 0.25) is 5.91 Å². The monoisotopic (exact) mass is 319 g/mol. The van der Waals surface area contributed by atoms with E-state index in [9.17, 15) is 9.59 Å². The molecule has 1 aromatic heterocycles. The fourth-order valence-corrected chi connectivity index (χ4v) is 2.09. The van der Waals surface area contributed by atoms with E-state index in [1.807, 2.05) is 30.5 Å². The number of urea groups is 1. The van der Waals surface area contributed by atoms with Crippen molar-refractivity contribution in [3.8, 4) is 0 Å². The number of carbonyl (C=O) groups excluding carboxylic acids is 2. The van der Waals surface area contributed by atoms with Gasteiger partial charge < -0.3 is 20.4 Å². The maximum atomic E-state index is 11.7. The topological polar surface area (TPSA) is 83.4 Å². The molecule has 3 amide bonds. The van der Waals surface area contributed by atoms with E-state index in [1.165, 1.54) is 6.26 Å². The molecule has 0 aliphatic rings. The lowest BCUT2D eigenvalue weighted by Gasteiger charge is -2.08. The third kappa shape index (κ3) is 5.17. The minimum atomic E-state index is -0.427. The summed E-state index contributed by atoms with van der Waals surface area (Å²) in [6.07, 6.45) is 3.52. The van der Waals surface area contributed by atoms with Gasteiger partial charge in [0.1, 0.15) is 5.76 Å². The van der Waals surface area contributed by atoms with Gasteiger partial charge in [-0.05, 0) is 42.7 Å². The maximum absolute atomic E-state index is 11.7. The summed E-state index contributed by atoms with van der Waals surface area (Å²) in [4.78, 5) is 24.4. The molecule has 116 valence electrons. The van der Waals surface area contributed by atoms with Crippen molar-refractivity contribution in [1.29, 1.82) is 0 Å². The smallest absolute Gasteiger partial charge is 0.315 e. The molecule has 0 fully saturated rings. The Morgan fingerprint density at radius 1 is 1.14 bits per heavy atom. The third-order valence-electron chi connectivity index (χ3n) is 2.79. The normalized spacial score (nSPS) is 10.0. The van der Waals surface area contributed by atoms with Crippen LogP contribution in [0.5, 0.6) is 0 Å². The summed E-state index contributed by atoms with van der Waals surface area (Å²) < 4.78 is 5.08. The molecule has 0 aliphatic heterocycles. The van der Waals surface area contributed by atoms with Crippen LogP contribution in [0.1, 0.15) is 5.76 Å². The maximum Gasteiger partial charge on any atom is 0.315 e. The van der Waals surface area contributed by atoms with Crippen molar-refractivity contribution in [3.63, 3.8) is 0 Å². The van der Waals surface area contributed by atoms with Crippen LogP contribution < -0.4 is 16.0 Å². The molecule has 0 saturated heterocycles. The third-order valence-corrected chi connectivity index (χ3v) is 3.53. The molecule has 3 N–H and O–H groups in total. The van der Waals surface area contributed by atoms with Crippen LogP contribution in [0, 0.1) is 0 Å². The SMILES string of the molecule is CSc1ccc(NC(=O)CNC(=O)NCc2ccco2)cc1. The largest absolute Gasteiger partial charge is 0.467 e. The first-order valence-electron chi connectivity index (χ1n) is 6.65. The molecule has 2 rings (SSSR count). The summed E-state index contributed by atoms with van der Waals surface area (Å²) in [5.74, 6) is 0.360. The number of thioether (sulfide) groups is 1. The van der Waals surface area contributed by atoms with E-state index in [0.29, 0.717) is 11.4 Å². The molecule has 0 atom stereocenters. The van der Waals surface area contributed by atoms with Crippen molar-refractivity contribution >= 4 is 29.4 Å². The van der Waals surface area contributed by atoms with Gasteiger partial charge in [-0.2, -0.15) is 0 Å². The van der Waals surface area contributed by atoms with Gasteiger partial charge in [0.15, 0.2) is 0 Å². The van der Waals surface area contributed by atoms with Crippen LogP contribution in [0.25, 0.3) is 0 Å². The first kappa shape index (κ1) is 16.0. The van der Waals surface area contributed by atoms with Gasteiger partial charge in [0, 0.05) is 10.6 Å². The molecule has 22 heavy (non-hydrogen) atoms. The minimum absolute atomic E-state index is 0.103. The van der Waals surface area contributed by atoms with E-state index in [-0.39, 0.29) is 19.0 Å².